The highest BCUT2D eigenvalue weighted by Gasteiger charge is 1.99. The fraction of sp³-hybridized carbons (Fsp3) is 0.200. The molecule has 0 aromatic carbocycles. The maximum Gasteiger partial charge on any atom is 0.255 e. The Morgan fingerprint density at radius 3 is 3.00 bits per heavy atom. The molecular weight excluding hydrogens is 146 g/mol. The Balaban J connectivity index is 2.57. The molecule has 1 rings (SSSR count). The lowest BCUT2D eigenvalue weighted by molar-refractivity contribution is -0.121. The number of carbonyl (C=O) groups is 1. The molecule has 0 bridgehead atoms. The molecule has 5 N–H and O–H groups in total. The zero-order valence-corrected chi connectivity index (χ0v) is 5.82. The first-order chi connectivity index (χ1) is 5.22. The van der Waals surface area contributed by atoms with Crippen molar-refractivity contribution in [1.82, 2.24) is 15.2 Å². The molecule has 1 heterocycles. The second-order valence-electron chi connectivity index (χ2n) is 2.04. The van der Waals surface area contributed by atoms with Crippen LogP contribution in [0.3, 0.4) is 0 Å². The highest BCUT2D eigenvalue weighted by atomic mass is 16.2. The number of hydrogen-bond donors (Lipinski definition) is 3. The molecule has 1 aromatic heterocycles. The number of nitrogen functional groups attached to an aromatic ring is 1. The van der Waals surface area contributed by atoms with E-state index >= 15 is 0 Å². The third-order valence-corrected chi connectivity index (χ3v) is 1.12. The summed E-state index contributed by atoms with van der Waals surface area (Å²) in [5.74, 6) is 4.54. The summed E-state index contributed by atoms with van der Waals surface area (Å²) in [4.78, 5) is 10.7. The van der Waals surface area contributed by atoms with Crippen LogP contribution in [0.25, 0.3) is 0 Å². The molecule has 1 aromatic rings. The van der Waals surface area contributed by atoms with Gasteiger partial charge in [-0.15, -0.1) is 0 Å². The van der Waals surface area contributed by atoms with Crippen LogP contribution < -0.4 is 17.0 Å². The largest absolute Gasteiger partial charge is 0.396 e. The van der Waals surface area contributed by atoms with Crippen LogP contribution in [0.15, 0.2) is 12.4 Å². The lowest BCUT2D eigenvalue weighted by atomic mass is 10.6. The van der Waals surface area contributed by atoms with Crippen molar-refractivity contribution < 1.29 is 4.79 Å². The Labute approximate surface area is 63.1 Å². The van der Waals surface area contributed by atoms with Crippen LogP contribution in [0.5, 0.6) is 0 Å². The zero-order valence-electron chi connectivity index (χ0n) is 5.82. The van der Waals surface area contributed by atoms with Crippen LogP contribution in [-0.4, -0.2) is 15.7 Å². The molecular formula is C5H9N5O. The van der Waals surface area contributed by atoms with Gasteiger partial charge in [-0.1, -0.05) is 0 Å². The predicted molar refractivity (Wildman–Crippen MR) is 39.0 cm³/mol. The quantitative estimate of drug-likeness (QED) is 0.273. The topological polar surface area (TPSA) is 99.0 Å². The summed E-state index contributed by atoms with van der Waals surface area (Å²) in [7, 11) is 0. The Hall–Kier alpha value is -1.56. The van der Waals surface area contributed by atoms with E-state index in [4.69, 9.17) is 11.6 Å². The number of hydrazine groups is 1. The highest BCUT2D eigenvalue weighted by molar-refractivity contribution is 5.74. The Bertz CT molecular complexity index is 255. The summed E-state index contributed by atoms with van der Waals surface area (Å²) in [5.41, 5.74) is 7.85. The molecule has 1 amide bonds. The number of carbonyl (C=O) groups excluding carboxylic acids is 1. The maximum atomic E-state index is 10.7. The maximum absolute atomic E-state index is 10.7. The molecule has 0 aliphatic heterocycles. The zero-order chi connectivity index (χ0) is 8.27. The normalized spacial score (nSPS) is 9.55. The second kappa shape index (κ2) is 3.02. The van der Waals surface area contributed by atoms with Gasteiger partial charge in [0.1, 0.15) is 6.54 Å². The summed E-state index contributed by atoms with van der Waals surface area (Å²) >= 11 is 0. The lowest BCUT2D eigenvalue weighted by Crippen LogP contribution is -2.33. The number of rotatable bonds is 2. The number of nitrogens with one attached hydrogen (secondary N) is 1. The summed E-state index contributed by atoms with van der Waals surface area (Å²) in [6.45, 7) is 0.0910. The fourth-order valence-electron chi connectivity index (χ4n) is 0.659. The Morgan fingerprint density at radius 1 is 1.82 bits per heavy atom. The minimum absolute atomic E-state index is 0.0910. The van der Waals surface area contributed by atoms with Crippen molar-refractivity contribution in [3.63, 3.8) is 0 Å². The van der Waals surface area contributed by atoms with Gasteiger partial charge in [0.25, 0.3) is 5.91 Å². The van der Waals surface area contributed by atoms with Gasteiger partial charge in [0.05, 0.1) is 11.9 Å². The minimum Gasteiger partial charge on any atom is -0.396 e. The van der Waals surface area contributed by atoms with Gasteiger partial charge in [0, 0.05) is 6.20 Å². The van der Waals surface area contributed by atoms with Crippen LogP contribution >= 0.6 is 0 Å². The SMILES string of the molecule is NNC(=O)Cn1cc(N)cn1. The van der Waals surface area contributed by atoms with E-state index in [2.05, 4.69) is 5.10 Å². The first-order valence-corrected chi connectivity index (χ1v) is 3.00. The molecule has 11 heavy (non-hydrogen) atoms. The first-order valence-electron chi connectivity index (χ1n) is 3.00. The van der Waals surface area contributed by atoms with E-state index in [-0.39, 0.29) is 12.5 Å². The molecule has 0 saturated heterocycles. The minimum atomic E-state index is -0.312. The predicted octanol–water partition coefficient (Wildman–Crippen LogP) is -1.54. The number of nitrogens with zero attached hydrogens (tertiary/aromatic N) is 2. The number of aromatic nitrogens is 2. The van der Waals surface area contributed by atoms with Crippen molar-refractivity contribution in [1.29, 1.82) is 0 Å². The van der Waals surface area contributed by atoms with Gasteiger partial charge in [-0.25, -0.2) is 5.84 Å². The number of anilines is 1. The molecule has 0 fully saturated rings. The molecule has 0 spiro atoms. The van der Waals surface area contributed by atoms with E-state index in [0.29, 0.717) is 5.69 Å². The standard InChI is InChI=1S/C5H9N5O/c6-4-1-8-10(2-4)3-5(11)9-7/h1-2H,3,6-7H2,(H,9,11). The third kappa shape index (κ3) is 1.94. The summed E-state index contributed by atoms with van der Waals surface area (Å²) in [6.07, 6.45) is 3.01. The van der Waals surface area contributed by atoms with Crippen molar-refractivity contribution >= 4 is 11.6 Å². The second-order valence-corrected chi connectivity index (χ2v) is 2.04. The van der Waals surface area contributed by atoms with Crippen LogP contribution in [0.2, 0.25) is 0 Å². The van der Waals surface area contributed by atoms with E-state index in [0.717, 1.165) is 0 Å². The Kier molecular flexibility index (Phi) is 2.07. The van der Waals surface area contributed by atoms with Gasteiger partial charge in [0.15, 0.2) is 0 Å². The molecule has 0 unspecified atom stereocenters. The van der Waals surface area contributed by atoms with Gasteiger partial charge in [-0.05, 0) is 0 Å². The van der Waals surface area contributed by atoms with E-state index in [1.165, 1.54) is 10.9 Å². The van der Waals surface area contributed by atoms with Gasteiger partial charge >= 0.3 is 0 Å². The molecule has 0 saturated carbocycles. The molecule has 60 valence electrons. The summed E-state index contributed by atoms with van der Waals surface area (Å²) < 4.78 is 1.40. The van der Waals surface area contributed by atoms with Crippen LogP contribution in [0.1, 0.15) is 0 Å². The third-order valence-electron chi connectivity index (χ3n) is 1.12. The van der Waals surface area contributed by atoms with Gasteiger partial charge in [-0.2, -0.15) is 5.10 Å². The molecule has 6 nitrogen and oxygen atoms in total. The summed E-state index contributed by atoms with van der Waals surface area (Å²) in [6, 6.07) is 0. The molecule has 0 aliphatic rings. The average Bonchev–Trinajstić information content (AvgIpc) is 2.35. The van der Waals surface area contributed by atoms with Crippen molar-refractivity contribution in [2.45, 2.75) is 6.54 Å². The molecule has 0 atom stereocenters. The monoisotopic (exact) mass is 155 g/mol. The first kappa shape index (κ1) is 7.55. The van der Waals surface area contributed by atoms with Gasteiger partial charge in [-0.3, -0.25) is 14.9 Å². The Morgan fingerprint density at radius 2 is 2.55 bits per heavy atom. The summed E-state index contributed by atoms with van der Waals surface area (Å²) in [5, 5.41) is 3.78. The van der Waals surface area contributed by atoms with E-state index < -0.39 is 0 Å². The molecule has 6 heteroatoms. The van der Waals surface area contributed by atoms with E-state index in [1.54, 1.807) is 6.20 Å². The fourth-order valence-corrected chi connectivity index (χ4v) is 0.659. The van der Waals surface area contributed by atoms with Gasteiger partial charge < -0.3 is 5.73 Å². The molecule has 0 aliphatic carbocycles. The van der Waals surface area contributed by atoms with Gasteiger partial charge in [0.2, 0.25) is 0 Å². The van der Waals surface area contributed by atoms with Crippen molar-refractivity contribution in [3.8, 4) is 0 Å². The van der Waals surface area contributed by atoms with Crippen molar-refractivity contribution in [2.75, 3.05) is 5.73 Å². The number of amides is 1. The smallest absolute Gasteiger partial charge is 0.255 e. The van der Waals surface area contributed by atoms with Crippen LogP contribution in [-0.2, 0) is 11.3 Å². The highest BCUT2D eigenvalue weighted by Crippen LogP contribution is 1.96. The van der Waals surface area contributed by atoms with E-state index in [1.807, 2.05) is 5.43 Å². The van der Waals surface area contributed by atoms with Crippen molar-refractivity contribution in [2.24, 2.45) is 5.84 Å². The van der Waals surface area contributed by atoms with Crippen molar-refractivity contribution in [3.05, 3.63) is 12.4 Å². The number of hydrogen-bond acceptors (Lipinski definition) is 4. The lowest BCUT2D eigenvalue weighted by Gasteiger charge is -1.97. The van der Waals surface area contributed by atoms with Crippen LogP contribution in [0, 0.1) is 0 Å². The van der Waals surface area contributed by atoms with E-state index in [9.17, 15) is 4.79 Å². The molecule has 0 radical (unpaired) electrons. The van der Waals surface area contributed by atoms with Crippen LogP contribution in [0.4, 0.5) is 5.69 Å². The number of nitrogens with two attached hydrogens (primary N) is 2. The average molecular weight is 155 g/mol.